The van der Waals surface area contributed by atoms with Crippen LogP contribution in [0.2, 0.25) is 0 Å². The van der Waals surface area contributed by atoms with E-state index in [0.29, 0.717) is 6.10 Å². The number of rotatable bonds is 1. The molecule has 0 saturated carbocycles. The summed E-state index contributed by atoms with van der Waals surface area (Å²) >= 11 is 0. The van der Waals surface area contributed by atoms with Gasteiger partial charge in [-0.05, 0) is 12.8 Å². The van der Waals surface area contributed by atoms with E-state index in [9.17, 15) is 0 Å². The lowest BCUT2D eigenvalue weighted by atomic mass is 10.2. The van der Waals surface area contributed by atoms with Crippen LogP contribution in [0, 0.1) is 0 Å². The Hall–Kier alpha value is -0.120. The topological polar surface area (TPSA) is 47.8 Å². The molecule has 0 amide bonds. The molecule has 2 fully saturated rings. The van der Waals surface area contributed by atoms with Gasteiger partial charge >= 0.3 is 0 Å². The number of epoxide rings is 1. The van der Waals surface area contributed by atoms with E-state index >= 15 is 0 Å². The van der Waals surface area contributed by atoms with Crippen LogP contribution in [0.5, 0.6) is 0 Å². The van der Waals surface area contributed by atoms with Gasteiger partial charge in [0.1, 0.15) is 12.3 Å². The fraction of sp³-hybridized carbons (Fsp3) is 1.00. The molecular weight excluding hydrogens is 118 g/mol. The third kappa shape index (κ3) is 0.956. The molecule has 3 nitrogen and oxygen atoms in total. The summed E-state index contributed by atoms with van der Waals surface area (Å²) in [6.07, 6.45) is 2.77. The summed E-state index contributed by atoms with van der Waals surface area (Å²) in [5.74, 6) is 0. The molecule has 2 aliphatic heterocycles. The van der Waals surface area contributed by atoms with Gasteiger partial charge < -0.3 is 15.2 Å². The van der Waals surface area contributed by atoms with Crippen LogP contribution in [-0.4, -0.2) is 25.0 Å². The van der Waals surface area contributed by atoms with Gasteiger partial charge in [0.2, 0.25) is 0 Å². The molecule has 3 heteroatoms. The molecule has 2 heterocycles. The average molecular weight is 129 g/mol. The first-order valence-corrected chi connectivity index (χ1v) is 3.40. The molecule has 2 rings (SSSR count). The summed E-state index contributed by atoms with van der Waals surface area (Å²) in [7, 11) is 0. The Labute approximate surface area is 54.1 Å². The van der Waals surface area contributed by atoms with E-state index in [4.69, 9.17) is 15.2 Å². The van der Waals surface area contributed by atoms with Crippen molar-refractivity contribution in [1.29, 1.82) is 0 Å². The largest absolute Gasteiger partial charge is 0.375 e. The molecule has 2 N–H and O–H groups in total. The monoisotopic (exact) mass is 129 g/mol. The van der Waals surface area contributed by atoms with E-state index in [2.05, 4.69) is 0 Å². The van der Waals surface area contributed by atoms with Crippen LogP contribution in [0.15, 0.2) is 0 Å². The summed E-state index contributed by atoms with van der Waals surface area (Å²) in [6.45, 7) is 0.886. The van der Waals surface area contributed by atoms with Crippen molar-refractivity contribution in [2.45, 2.75) is 31.3 Å². The van der Waals surface area contributed by atoms with Crippen LogP contribution in [-0.2, 0) is 9.47 Å². The van der Waals surface area contributed by atoms with Gasteiger partial charge in [-0.1, -0.05) is 0 Å². The summed E-state index contributed by atoms with van der Waals surface area (Å²) in [5, 5.41) is 0. The smallest absolute Gasteiger partial charge is 0.135 e. The lowest BCUT2D eigenvalue weighted by Crippen LogP contribution is -2.19. The van der Waals surface area contributed by atoms with Gasteiger partial charge in [-0.25, -0.2) is 0 Å². The summed E-state index contributed by atoms with van der Waals surface area (Å²) in [6, 6.07) is 0. The van der Waals surface area contributed by atoms with E-state index in [1.54, 1.807) is 0 Å². The lowest BCUT2D eigenvalue weighted by Gasteiger charge is -2.01. The summed E-state index contributed by atoms with van der Waals surface area (Å²) in [5.41, 5.74) is 5.44. The zero-order chi connectivity index (χ0) is 6.27. The maximum absolute atomic E-state index is 5.44. The van der Waals surface area contributed by atoms with Crippen molar-refractivity contribution in [1.82, 2.24) is 0 Å². The molecule has 3 unspecified atom stereocenters. The van der Waals surface area contributed by atoms with Crippen molar-refractivity contribution in [2.24, 2.45) is 5.73 Å². The van der Waals surface area contributed by atoms with E-state index < -0.39 is 0 Å². The van der Waals surface area contributed by atoms with E-state index in [1.807, 2.05) is 0 Å². The molecule has 0 aromatic heterocycles. The van der Waals surface area contributed by atoms with Gasteiger partial charge in [-0.3, -0.25) is 0 Å². The normalized spacial score (nSPS) is 49.7. The first-order chi connectivity index (χ1) is 4.38. The zero-order valence-corrected chi connectivity index (χ0v) is 5.25. The minimum absolute atomic E-state index is 0.0342. The fourth-order valence-corrected chi connectivity index (χ4v) is 1.30. The Balaban J connectivity index is 1.85. The highest BCUT2D eigenvalue weighted by atomic mass is 16.6. The first kappa shape index (κ1) is 5.65. The fourth-order valence-electron chi connectivity index (χ4n) is 1.30. The van der Waals surface area contributed by atoms with Crippen LogP contribution in [0.3, 0.4) is 0 Å². The molecule has 0 spiro atoms. The predicted octanol–water partition coefficient (Wildman–Crippen LogP) is -0.151. The van der Waals surface area contributed by atoms with Crippen molar-refractivity contribution in [2.75, 3.05) is 6.61 Å². The molecule has 0 aromatic carbocycles. The van der Waals surface area contributed by atoms with Crippen molar-refractivity contribution in [3.63, 3.8) is 0 Å². The standard InChI is InChI=1S/C6H11NO2/c7-6-5(9-6)4-2-1-3-8-4/h4-6H,1-3,7H2. The maximum Gasteiger partial charge on any atom is 0.135 e. The molecule has 3 atom stereocenters. The highest BCUT2D eigenvalue weighted by Crippen LogP contribution is 2.28. The molecule has 0 bridgehead atoms. The number of hydrogen-bond donors (Lipinski definition) is 1. The molecule has 2 aliphatic rings. The first-order valence-electron chi connectivity index (χ1n) is 3.40. The van der Waals surface area contributed by atoms with Crippen molar-refractivity contribution in [3.05, 3.63) is 0 Å². The Kier molecular flexibility index (Phi) is 1.22. The highest BCUT2D eigenvalue weighted by molar-refractivity contribution is 4.89. The SMILES string of the molecule is NC1OC1C1CCCO1. The molecule has 0 aromatic rings. The van der Waals surface area contributed by atoms with Crippen molar-refractivity contribution >= 4 is 0 Å². The van der Waals surface area contributed by atoms with Crippen molar-refractivity contribution in [3.8, 4) is 0 Å². The van der Waals surface area contributed by atoms with Gasteiger partial charge in [0.15, 0.2) is 0 Å². The minimum atomic E-state index is -0.0342. The zero-order valence-electron chi connectivity index (χ0n) is 5.25. The van der Waals surface area contributed by atoms with E-state index in [1.165, 1.54) is 0 Å². The van der Waals surface area contributed by atoms with Crippen LogP contribution in [0.25, 0.3) is 0 Å². The van der Waals surface area contributed by atoms with Crippen LogP contribution in [0.4, 0.5) is 0 Å². The molecule has 2 saturated heterocycles. The second kappa shape index (κ2) is 1.94. The number of hydrogen-bond acceptors (Lipinski definition) is 3. The second-order valence-electron chi connectivity index (χ2n) is 2.62. The highest BCUT2D eigenvalue weighted by Gasteiger charge is 2.44. The molecule has 9 heavy (non-hydrogen) atoms. The quantitative estimate of drug-likeness (QED) is 0.501. The lowest BCUT2D eigenvalue weighted by molar-refractivity contribution is 0.0858. The minimum Gasteiger partial charge on any atom is -0.375 e. The van der Waals surface area contributed by atoms with Crippen molar-refractivity contribution < 1.29 is 9.47 Å². The number of ether oxygens (including phenoxy) is 2. The van der Waals surface area contributed by atoms with Gasteiger partial charge in [-0.2, -0.15) is 0 Å². The third-order valence-electron chi connectivity index (χ3n) is 1.89. The average Bonchev–Trinajstić information content (AvgIpc) is 2.44. The van der Waals surface area contributed by atoms with Gasteiger partial charge in [0.25, 0.3) is 0 Å². The Morgan fingerprint density at radius 2 is 2.22 bits per heavy atom. The maximum atomic E-state index is 5.44. The van der Waals surface area contributed by atoms with Crippen LogP contribution < -0.4 is 5.73 Å². The van der Waals surface area contributed by atoms with E-state index in [0.717, 1.165) is 19.4 Å². The van der Waals surface area contributed by atoms with E-state index in [-0.39, 0.29) is 12.3 Å². The Bertz CT molecular complexity index is 112. The van der Waals surface area contributed by atoms with Gasteiger partial charge in [0, 0.05) is 6.61 Å². The summed E-state index contributed by atoms with van der Waals surface area (Å²) < 4.78 is 10.4. The van der Waals surface area contributed by atoms with Crippen LogP contribution >= 0.6 is 0 Å². The van der Waals surface area contributed by atoms with Gasteiger partial charge in [0.05, 0.1) is 6.10 Å². The summed E-state index contributed by atoms with van der Waals surface area (Å²) in [4.78, 5) is 0. The molecular formula is C6H11NO2. The third-order valence-corrected chi connectivity index (χ3v) is 1.89. The molecule has 52 valence electrons. The molecule has 0 radical (unpaired) electrons. The Morgan fingerprint density at radius 3 is 2.67 bits per heavy atom. The molecule has 0 aliphatic carbocycles. The second-order valence-corrected chi connectivity index (χ2v) is 2.62. The number of nitrogens with two attached hydrogens (primary N) is 1. The van der Waals surface area contributed by atoms with Crippen LogP contribution in [0.1, 0.15) is 12.8 Å². The van der Waals surface area contributed by atoms with Gasteiger partial charge in [-0.15, -0.1) is 0 Å². The predicted molar refractivity (Wildman–Crippen MR) is 31.8 cm³/mol. The Morgan fingerprint density at radius 1 is 1.44 bits per heavy atom.